The molecule has 1 unspecified atom stereocenters. The molecule has 0 radical (unpaired) electrons. The molecule has 28 heavy (non-hydrogen) atoms. The zero-order chi connectivity index (χ0) is 23.4. The lowest BCUT2D eigenvalue weighted by Crippen LogP contribution is -2.40. The van der Waals surface area contributed by atoms with Gasteiger partial charge in [0.2, 0.25) is 0 Å². The van der Waals surface area contributed by atoms with Crippen molar-refractivity contribution in [1.82, 2.24) is 20.6 Å². The first-order valence-corrected chi connectivity index (χ1v) is 9.73. The largest absolute Gasteiger partial charge is 0.388 e. The van der Waals surface area contributed by atoms with E-state index >= 15 is 0 Å². The first kappa shape index (κ1) is 17.8. The summed E-state index contributed by atoms with van der Waals surface area (Å²) in [6, 6.07) is -1.48. The first-order chi connectivity index (χ1) is 14.4. The smallest absolute Gasteiger partial charge is 0.263 e. The van der Waals surface area contributed by atoms with Gasteiger partial charge in [-0.3, -0.25) is 14.5 Å². The van der Waals surface area contributed by atoms with Gasteiger partial charge in [-0.15, -0.1) is 5.06 Å². The van der Waals surface area contributed by atoms with Crippen LogP contribution in [-0.4, -0.2) is 53.5 Å². The summed E-state index contributed by atoms with van der Waals surface area (Å²) in [7, 11) is 0. The number of carbonyl (C=O) groups excluding carboxylic acids is 2. The van der Waals surface area contributed by atoms with Crippen molar-refractivity contribution < 1.29 is 18.5 Å². The van der Waals surface area contributed by atoms with Gasteiger partial charge < -0.3 is 15.5 Å². The van der Waals surface area contributed by atoms with Crippen LogP contribution < -0.4 is 10.6 Å². The Morgan fingerprint density at radius 3 is 2.50 bits per heavy atom. The fourth-order valence-electron chi connectivity index (χ4n) is 3.05. The molecule has 0 saturated carbocycles. The average molecular weight is 394 g/mol. The van der Waals surface area contributed by atoms with Gasteiger partial charge in [0.25, 0.3) is 11.8 Å². The highest BCUT2D eigenvalue weighted by Crippen LogP contribution is 2.23. The number of hydrogen-bond donors (Lipinski definition) is 2. The molecule has 1 atom stereocenters. The monoisotopic (exact) mass is 393 g/mol. The van der Waals surface area contributed by atoms with Gasteiger partial charge in [0, 0.05) is 65.0 Å². The zero-order valence-electron chi connectivity index (χ0n) is 20.0. The van der Waals surface area contributed by atoms with Gasteiger partial charge in [-0.1, -0.05) is 19.7 Å². The highest BCUT2D eigenvalue weighted by molar-refractivity contribution is 6.00. The molecule has 2 rings (SSSR count). The molecule has 0 aromatic carbocycles. The van der Waals surface area contributed by atoms with Crippen LogP contribution in [0.25, 0.3) is 0 Å². The van der Waals surface area contributed by atoms with Gasteiger partial charge in [-0.05, 0) is 33.2 Å². The molecular formula is C21H34N4O3. The van der Waals surface area contributed by atoms with Crippen LogP contribution in [0.15, 0.2) is 36.9 Å². The molecule has 2 amide bonds. The summed E-state index contributed by atoms with van der Waals surface area (Å²) in [6.45, 7) is 17.0. The summed E-state index contributed by atoms with van der Waals surface area (Å²) < 4.78 is 25.4. The quantitative estimate of drug-likeness (QED) is 0.392. The van der Waals surface area contributed by atoms with Crippen molar-refractivity contribution in [3.63, 3.8) is 0 Å². The van der Waals surface area contributed by atoms with Crippen molar-refractivity contribution >= 4 is 11.8 Å². The van der Waals surface area contributed by atoms with E-state index in [0.717, 1.165) is 10.8 Å². The van der Waals surface area contributed by atoms with E-state index in [1.807, 2.05) is 18.7 Å². The number of rotatable bonds is 12. The molecule has 0 aromatic rings. The predicted octanol–water partition coefficient (Wildman–Crippen LogP) is 2.44. The maximum Gasteiger partial charge on any atom is 0.263 e. The summed E-state index contributed by atoms with van der Waals surface area (Å²) in [5, 5.41) is 7.01. The van der Waals surface area contributed by atoms with Crippen LogP contribution in [0.4, 0.5) is 0 Å². The van der Waals surface area contributed by atoms with E-state index < -0.39 is 12.4 Å². The lowest BCUT2D eigenvalue weighted by molar-refractivity contribution is -0.177. The van der Waals surface area contributed by atoms with E-state index in [1.54, 1.807) is 0 Å². The normalized spacial score (nSPS) is 26.0. The number of nitrogens with zero attached hydrogens (tertiary/aromatic N) is 2. The fourth-order valence-corrected chi connectivity index (χ4v) is 3.05. The summed E-state index contributed by atoms with van der Waals surface area (Å²) in [6.07, 6.45) is -0.115. The lowest BCUT2D eigenvalue weighted by atomic mass is 10.1. The number of likely N-dealkylation sites (tertiary alicyclic amines) is 1. The highest BCUT2D eigenvalue weighted by Gasteiger charge is 2.31. The minimum atomic E-state index is -1.69. The summed E-state index contributed by atoms with van der Waals surface area (Å²) in [5.41, 5.74) is 1.09. The van der Waals surface area contributed by atoms with Crippen LogP contribution in [0.5, 0.6) is 0 Å². The molecule has 2 aliphatic rings. The van der Waals surface area contributed by atoms with Crippen molar-refractivity contribution in [3.8, 4) is 0 Å². The Balaban J connectivity index is 1.72. The van der Waals surface area contributed by atoms with E-state index in [-0.39, 0.29) is 30.7 Å². The standard InChI is InChI=1S/C21H34N4O3/c1-15(2)24-14-6-7-19(24)18(5)23-12-10-16(3)22-13-11-17(4)28-25-20(26)8-9-21(25)27/h15,19,22-23H,3-14H2,1-2H3/i7D2,19D. The number of nitrogens with one attached hydrogen (secondary N) is 2. The van der Waals surface area contributed by atoms with Gasteiger partial charge in [0.1, 0.15) is 5.76 Å². The van der Waals surface area contributed by atoms with Crippen molar-refractivity contribution in [3.05, 3.63) is 36.9 Å². The van der Waals surface area contributed by atoms with Crippen molar-refractivity contribution in [2.75, 3.05) is 19.6 Å². The van der Waals surface area contributed by atoms with Crippen LogP contribution in [-0.2, 0) is 14.4 Å². The molecule has 2 aliphatic heterocycles. The number of amides is 2. The van der Waals surface area contributed by atoms with Crippen LogP contribution in [0.2, 0.25) is 0 Å². The summed E-state index contributed by atoms with van der Waals surface area (Å²) in [5.74, 6) is -0.405. The van der Waals surface area contributed by atoms with Gasteiger partial charge in [0.15, 0.2) is 0 Å². The average Bonchev–Trinajstić information content (AvgIpc) is 3.12. The van der Waals surface area contributed by atoms with Crippen molar-refractivity contribution in [1.29, 1.82) is 0 Å². The Hall–Kier alpha value is -2.28. The van der Waals surface area contributed by atoms with E-state index in [0.29, 0.717) is 50.4 Å². The molecular weight excluding hydrogens is 356 g/mol. The van der Waals surface area contributed by atoms with Gasteiger partial charge >= 0.3 is 0 Å². The minimum Gasteiger partial charge on any atom is -0.388 e. The van der Waals surface area contributed by atoms with E-state index in [2.05, 4.69) is 30.4 Å². The third-order valence-electron chi connectivity index (χ3n) is 4.61. The number of imide groups is 1. The summed E-state index contributed by atoms with van der Waals surface area (Å²) >= 11 is 0. The second-order valence-corrected chi connectivity index (χ2v) is 7.21. The molecule has 2 heterocycles. The maximum absolute atomic E-state index is 11.5. The van der Waals surface area contributed by atoms with Crippen LogP contribution >= 0.6 is 0 Å². The maximum atomic E-state index is 11.5. The van der Waals surface area contributed by atoms with E-state index in [9.17, 15) is 9.59 Å². The number of hydrogen-bond acceptors (Lipinski definition) is 6. The zero-order valence-corrected chi connectivity index (χ0v) is 17.0. The SMILES string of the molecule is [2H]C1([2H])CCN(C(C)C)C1([2H])C(=C)NCCC(=C)NCCC(=C)ON1C(=O)CCC1=O. The first-order valence-electron chi connectivity index (χ1n) is 11.2. The second-order valence-electron chi connectivity index (χ2n) is 7.21. The topological polar surface area (TPSA) is 73.9 Å². The van der Waals surface area contributed by atoms with Gasteiger partial charge in [-0.2, -0.15) is 0 Å². The Morgan fingerprint density at radius 2 is 1.86 bits per heavy atom. The third-order valence-corrected chi connectivity index (χ3v) is 4.61. The van der Waals surface area contributed by atoms with Crippen LogP contribution in [0.3, 0.4) is 0 Å². The summed E-state index contributed by atoms with van der Waals surface area (Å²) in [4.78, 5) is 30.2. The van der Waals surface area contributed by atoms with Crippen LogP contribution in [0.1, 0.15) is 56.4 Å². The Morgan fingerprint density at radius 1 is 1.21 bits per heavy atom. The van der Waals surface area contributed by atoms with Crippen molar-refractivity contribution in [2.45, 2.75) is 64.4 Å². The molecule has 0 spiro atoms. The van der Waals surface area contributed by atoms with Crippen molar-refractivity contribution in [2.24, 2.45) is 0 Å². The molecule has 7 nitrogen and oxygen atoms in total. The Bertz CT molecular complexity index is 740. The molecule has 156 valence electrons. The third kappa shape index (κ3) is 6.12. The molecule has 0 bridgehead atoms. The molecule has 2 saturated heterocycles. The van der Waals surface area contributed by atoms with E-state index in [1.165, 1.54) is 0 Å². The molecule has 7 heteroatoms. The predicted molar refractivity (Wildman–Crippen MR) is 110 cm³/mol. The minimum absolute atomic E-state index is 0.0340. The Kier molecular flexibility index (Phi) is 6.56. The Labute approximate surface area is 172 Å². The van der Waals surface area contributed by atoms with E-state index in [4.69, 9.17) is 8.95 Å². The molecule has 0 aromatic heterocycles. The number of hydroxylamine groups is 2. The fraction of sp³-hybridized carbons (Fsp3) is 0.619. The number of carbonyl (C=O) groups is 2. The molecule has 2 N–H and O–H groups in total. The molecule has 0 aliphatic carbocycles. The van der Waals surface area contributed by atoms with Crippen LogP contribution in [0, 0.1) is 0 Å². The van der Waals surface area contributed by atoms with Gasteiger partial charge in [0.05, 0.1) is 1.37 Å². The molecule has 2 fully saturated rings. The highest BCUT2D eigenvalue weighted by atomic mass is 16.7. The van der Waals surface area contributed by atoms with Gasteiger partial charge in [-0.25, -0.2) is 0 Å². The lowest BCUT2D eigenvalue weighted by Gasteiger charge is -2.30. The second kappa shape index (κ2) is 10.3.